The van der Waals surface area contributed by atoms with Gasteiger partial charge >= 0.3 is 12.1 Å². The van der Waals surface area contributed by atoms with Crippen LogP contribution in [0, 0.1) is 0 Å². The second kappa shape index (κ2) is 10.1. The van der Waals surface area contributed by atoms with Gasteiger partial charge in [-0.3, -0.25) is 4.79 Å². The van der Waals surface area contributed by atoms with E-state index >= 15 is 0 Å². The van der Waals surface area contributed by atoms with Crippen LogP contribution in [0.25, 0.3) is 11.1 Å². The molecule has 2 atom stereocenters. The Morgan fingerprint density at radius 2 is 1.61 bits per heavy atom. The smallest absolute Gasteiger partial charge is 0.407 e. The third-order valence-corrected chi connectivity index (χ3v) is 5.38. The van der Waals surface area contributed by atoms with Gasteiger partial charge in [0.05, 0.1) is 6.54 Å². The highest BCUT2D eigenvalue weighted by Gasteiger charge is 2.29. The number of methoxy groups -OCH3 is 1. The van der Waals surface area contributed by atoms with Crippen molar-refractivity contribution in [1.82, 2.24) is 10.6 Å². The van der Waals surface area contributed by atoms with E-state index in [-0.39, 0.29) is 19.1 Å². The maximum absolute atomic E-state index is 12.4. The first-order valence-electron chi connectivity index (χ1n) is 10.1. The van der Waals surface area contributed by atoms with Gasteiger partial charge in [0.25, 0.3) is 0 Å². The highest BCUT2D eigenvalue weighted by molar-refractivity contribution is 5.86. The molecule has 0 saturated heterocycles. The van der Waals surface area contributed by atoms with Gasteiger partial charge in [-0.1, -0.05) is 55.5 Å². The van der Waals surface area contributed by atoms with E-state index in [0.717, 1.165) is 22.3 Å². The first-order chi connectivity index (χ1) is 15.0. The molecule has 2 unspecified atom stereocenters. The molecule has 8 nitrogen and oxygen atoms in total. The van der Waals surface area contributed by atoms with Gasteiger partial charge in [-0.25, -0.2) is 9.59 Å². The molecule has 0 fully saturated rings. The molecule has 2 aromatic carbocycles. The van der Waals surface area contributed by atoms with Gasteiger partial charge in [-0.15, -0.1) is 0 Å². The predicted octanol–water partition coefficient (Wildman–Crippen LogP) is 2.52. The Labute approximate surface area is 180 Å². The summed E-state index contributed by atoms with van der Waals surface area (Å²) in [6.07, 6.45) is -1.54. The number of rotatable bonds is 9. The average Bonchev–Trinajstić information content (AvgIpc) is 3.10. The number of hydrogen-bond acceptors (Lipinski definition) is 5. The minimum atomic E-state index is -1.18. The lowest BCUT2D eigenvalue weighted by atomic mass is 9.98. The van der Waals surface area contributed by atoms with Crippen LogP contribution >= 0.6 is 0 Å². The minimum Gasteiger partial charge on any atom is -0.479 e. The first kappa shape index (κ1) is 22.3. The molecular weight excluding hydrogens is 400 g/mol. The number of alkyl carbamates (subject to hydrolysis) is 1. The van der Waals surface area contributed by atoms with Crippen molar-refractivity contribution >= 4 is 18.0 Å². The number of ether oxygens (including phenoxy) is 2. The van der Waals surface area contributed by atoms with Gasteiger partial charge in [0.1, 0.15) is 12.6 Å². The van der Waals surface area contributed by atoms with Crippen LogP contribution < -0.4 is 10.6 Å². The second-order valence-corrected chi connectivity index (χ2v) is 7.24. The third-order valence-electron chi connectivity index (χ3n) is 5.38. The number of fused-ring (bicyclic) bond motifs is 3. The topological polar surface area (TPSA) is 114 Å². The van der Waals surface area contributed by atoms with Crippen LogP contribution in [0.5, 0.6) is 0 Å². The molecule has 0 saturated carbocycles. The number of amides is 2. The third kappa shape index (κ3) is 5.03. The fourth-order valence-electron chi connectivity index (χ4n) is 3.72. The van der Waals surface area contributed by atoms with Gasteiger partial charge in [0.2, 0.25) is 5.91 Å². The summed E-state index contributed by atoms with van der Waals surface area (Å²) in [5.74, 6) is -1.76. The maximum atomic E-state index is 12.4. The van der Waals surface area contributed by atoms with Crippen LogP contribution in [0.3, 0.4) is 0 Å². The van der Waals surface area contributed by atoms with E-state index in [0.29, 0.717) is 6.42 Å². The zero-order chi connectivity index (χ0) is 22.4. The van der Waals surface area contributed by atoms with Crippen LogP contribution in [-0.4, -0.2) is 55.5 Å². The summed E-state index contributed by atoms with van der Waals surface area (Å²) in [5, 5.41) is 14.0. The fourth-order valence-corrected chi connectivity index (χ4v) is 3.72. The Morgan fingerprint density at radius 3 is 2.13 bits per heavy atom. The van der Waals surface area contributed by atoms with Crippen molar-refractivity contribution in [1.29, 1.82) is 0 Å². The standard InChI is InChI=1S/C23H26N2O6/c1-3-19(21(26)24-12-20(30-2)22(27)28)25-23(29)31-13-18-16-10-6-4-8-14(16)15-9-5-7-11-17(15)18/h4-11,18-20H,3,12-13H2,1-2H3,(H,24,26)(H,25,29)(H,27,28). The summed E-state index contributed by atoms with van der Waals surface area (Å²) >= 11 is 0. The maximum Gasteiger partial charge on any atom is 0.407 e. The van der Waals surface area contributed by atoms with Crippen molar-refractivity contribution < 1.29 is 29.0 Å². The molecule has 0 heterocycles. The SMILES string of the molecule is CCC(NC(=O)OCC1c2ccccc2-c2ccccc21)C(=O)NCC(OC)C(=O)O. The van der Waals surface area contributed by atoms with Gasteiger partial charge in [0.15, 0.2) is 6.10 Å². The molecule has 0 aliphatic heterocycles. The lowest BCUT2D eigenvalue weighted by Gasteiger charge is -2.19. The molecular formula is C23H26N2O6. The number of benzene rings is 2. The van der Waals surface area contributed by atoms with Crippen molar-refractivity contribution in [3.8, 4) is 11.1 Å². The first-order valence-corrected chi connectivity index (χ1v) is 10.1. The molecule has 1 aliphatic carbocycles. The normalized spacial score (nSPS) is 14.1. The molecule has 0 spiro atoms. The highest BCUT2D eigenvalue weighted by atomic mass is 16.5. The Balaban J connectivity index is 1.58. The molecule has 3 rings (SSSR count). The van der Waals surface area contributed by atoms with E-state index in [9.17, 15) is 14.4 Å². The van der Waals surface area contributed by atoms with E-state index in [1.54, 1.807) is 6.92 Å². The summed E-state index contributed by atoms with van der Waals surface area (Å²) in [6, 6.07) is 15.2. The molecule has 0 radical (unpaired) electrons. The zero-order valence-corrected chi connectivity index (χ0v) is 17.5. The summed E-state index contributed by atoms with van der Waals surface area (Å²) in [6.45, 7) is 1.68. The van der Waals surface area contributed by atoms with E-state index < -0.39 is 30.1 Å². The number of carboxylic acid groups (broad SMARTS) is 1. The van der Waals surface area contributed by atoms with E-state index in [1.807, 2.05) is 36.4 Å². The second-order valence-electron chi connectivity index (χ2n) is 7.24. The largest absolute Gasteiger partial charge is 0.479 e. The number of carboxylic acids is 1. The molecule has 0 bridgehead atoms. The minimum absolute atomic E-state index is 0.0786. The average molecular weight is 426 g/mol. The summed E-state index contributed by atoms with van der Waals surface area (Å²) in [4.78, 5) is 35.7. The van der Waals surface area contributed by atoms with E-state index in [1.165, 1.54) is 7.11 Å². The van der Waals surface area contributed by atoms with Gasteiger partial charge in [-0.05, 0) is 28.7 Å². The molecule has 8 heteroatoms. The van der Waals surface area contributed by atoms with Crippen molar-refractivity contribution in [3.63, 3.8) is 0 Å². The van der Waals surface area contributed by atoms with Crippen LogP contribution in [0.15, 0.2) is 48.5 Å². The fraction of sp³-hybridized carbons (Fsp3) is 0.348. The van der Waals surface area contributed by atoms with Crippen LogP contribution in [0.1, 0.15) is 30.4 Å². The highest BCUT2D eigenvalue weighted by Crippen LogP contribution is 2.44. The number of carbonyl (C=O) groups excluding carboxylic acids is 2. The number of aliphatic carboxylic acids is 1. The lowest BCUT2D eigenvalue weighted by Crippen LogP contribution is -2.49. The predicted molar refractivity (Wildman–Crippen MR) is 114 cm³/mol. The van der Waals surface area contributed by atoms with Crippen molar-refractivity contribution in [2.24, 2.45) is 0 Å². The molecule has 1 aliphatic rings. The molecule has 2 amide bonds. The van der Waals surface area contributed by atoms with Crippen LogP contribution in [0.2, 0.25) is 0 Å². The zero-order valence-electron chi connectivity index (χ0n) is 17.5. The number of carbonyl (C=O) groups is 3. The molecule has 2 aromatic rings. The Hall–Kier alpha value is -3.39. The van der Waals surface area contributed by atoms with Crippen molar-refractivity contribution in [2.45, 2.75) is 31.4 Å². The van der Waals surface area contributed by atoms with Gasteiger partial charge in [0, 0.05) is 13.0 Å². The van der Waals surface area contributed by atoms with E-state index in [4.69, 9.17) is 14.6 Å². The quantitative estimate of drug-likeness (QED) is 0.568. The van der Waals surface area contributed by atoms with Gasteiger partial charge < -0.3 is 25.2 Å². The van der Waals surface area contributed by atoms with E-state index in [2.05, 4.69) is 22.8 Å². The summed E-state index contributed by atoms with van der Waals surface area (Å²) in [5.41, 5.74) is 4.45. The lowest BCUT2D eigenvalue weighted by molar-refractivity contribution is -0.148. The molecule has 0 aromatic heterocycles. The van der Waals surface area contributed by atoms with Crippen molar-refractivity contribution in [3.05, 3.63) is 59.7 Å². The molecule has 31 heavy (non-hydrogen) atoms. The summed E-state index contributed by atoms with van der Waals surface area (Å²) in [7, 11) is 1.25. The number of hydrogen-bond donors (Lipinski definition) is 3. The van der Waals surface area contributed by atoms with Crippen LogP contribution in [-0.2, 0) is 19.1 Å². The monoisotopic (exact) mass is 426 g/mol. The Bertz CT molecular complexity index is 915. The molecule has 3 N–H and O–H groups in total. The van der Waals surface area contributed by atoms with Gasteiger partial charge in [-0.2, -0.15) is 0 Å². The number of nitrogens with one attached hydrogen (secondary N) is 2. The Kier molecular flexibility index (Phi) is 7.25. The van der Waals surface area contributed by atoms with Crippen LogP contribution in [0.4, 0.5) is 4.79 Å². The Morgan fingerprint density at radius 1 is 1.03 bits per heavy atom. The van der Waals surface area contributed by atoms with Crippen molar-refractivity contribution in [2.75, 3.05) is 20.3 Å². The summed E-state index contributed by atoms with van der Waals surface area (Å²) < 4.78 is 10.2. The molecule has 164 valence electrons.